The van der Waals surface area contributed by atoms with E-state index >= 15 is 0 Å². The molecule has 0 saturated carbocycles. The average Bonchev–Trinajstić information content (AvgIpc) is 2.36. The third-order valence-corrected chi connectivity index (χ3v) is 2.44. The Morgan fingerprint density at radius 3 is 2.45 bits per heavy atom. The van der Waals surface area contributed by atoms with E-state index in [-0.39, 0.29) is 5.84 Å². The van der Waals surface area contributed by atoms with Crippen molar-refractivity contribution in [3.8, 4) is 0 Å². The van der Waals surface area contributed by atoms with Crippen LogP contribution in [0.4, 0.5) is 4.79 Å². The first-order valence-electron chi connectivity index (χ1n) is 6.35. The number of amidine groups is 1. The van der Waals surface area contributed by atoms with E-state index in [9.17, 15) is 4.79 Å². The third kappa shape index (κ3) is 5.60. The molecule has 0 bridgehead atoms. The van der Waals surface area contributed by atoms with Gasteiger partial charge < -0.3 is 21.0 Å². The lowest BCUT2D eigenvalue weighted by Crippen LogP contribution is -2.33. The van der Waals surface area contributed by atoms with E-state index in [1.807, 2.05) is 32.9 Å². The van der Waals surface area contributed by atoms with Crippen molar-refractivity contribution >= 4 is 11.9 Å². The fraction of sp³-hybridized carbons (Fsp3) is 0.429. The maximum atomic E-state index is 11.4. The van der Waals surface area contributed by atoms with Gasteiger partial charge >= 0.3 is 6.09 Å². The molecule has 0 radical (unpaired) electrons. The second kappa shape index (κ2) is 6.79. The number of rotatable bonds is 4. The van der Waals surface area contributed by atoms with Gasteiger partial charge in [0, 0.05) is 12.1 Å². The van der Waals surface area contributed by atoms with E-state index in [4.69, 9.17) is 15.7 Å². The van der Waals surface area contributed by atoms with Gasteiger partial charge in [0.2, 0.25) is 0 Å². The van der Waals surface area contributed by atoms with E-state index in [1.165, 1.54) is 0 Å². The molecule has 110 valence electrons. The van der Waals surface area contributed by atoms with Gasteiger partial charge in [0.25, 0.3) is 0 Å². The molecular weight excluding hydrogens is 258 g/mol. The zero-order valence-corrected chi connectivity index (χ0v) is 12.0. The van der Waals surface area contributed by atoms with Crippen molar-refractivity contribution in [2.75, 3.05) is 6.54 Å². The Morgan fingerprint density at radius 1 is 1.35 bits per heavy atom. The molecule has 4 N–H and O–H groups in total. The molecule has 1 aromatic carbocycles. The number of nitrogens with two attached hydrogens (primary N) is 1. The first kappa shape index (κ1) is 15.8. The fourth-order valence-corrected chi connectivity index (χ4v) is 1.52. The van der Waals surface area contributed by atoms with Gasteiger partial charge in [0.05, 0.1) is 0 Å². The van der Waals surface area contributed by atoms with Gasteiger partial charge in [0.15, 0.2) is 5.84 Å². The molecule has 0 fully saturated rings. The number of ether oxygens (including phenoxy) is 1. The van der Waals surface area contributed by atoms with Crippen LogP contribution in [-0.4, -0.2) is 29.3 Å². The molecule has 20 heavy (non-hydrogen) atoms. The lowest BCUT2D eigenvalue weighted by molar-refractivity contribution is 0.0528. The molecule has 0 unspecified atom stereocenters. The molecular formula is C14H21N3O3. The highest BCUT2D eigenvalue weighted by Crippen LogP contribution is 2.07. The number of nitrogens with zero attached hydrogens (tertiary/aromatic N) is 1. The summed E-state index contributed by atoms with van der Waals surface area (Å²) in [6, 6.07) is 7.25. The molecule has 6 heteroatoms. The number of hydrogen-bond donors (Lipinski definition) is 3. The Balaban J connectivity index is 2.41. The summed E-state index contributed by atoms with van der Waals surface area (Å²) < 4.78 is 5.13. The van der Waals surface area contributed by atoms with E-state index in [0.717, 1.165) is 5.56 Å². The Labute approximate surface area is 118 Å². The molecule has 0 saturated heterocycles. The van der Waals surface area contributed by atoms with Crippen molar-refractivity contribution in [1.82, 2.24) is 5.32 Å². The van der Waals surface area contributed by atoms with Gasteiger partial charge in [-0.25, -0.2) is 4.79 Å². The number of oxime groups is 1. The van der Waals surface area contributed by atoms with Crippen molar-refractivity contribution in [2.45, 2.75) is 32.8 Å². The highest BCUT2D eigenvalue weighted by Gasteiger charge is 2.15. The summed E-state index contributed by atoms with van der Waals surface area (Å²) >= 11 is 0. The number of benzene rings is 1. The Kier molecular flexibility index (Phi) is 5.37. The Bertz CT molecular complexity index is 475. The van der Waals surface area contributed by atoms with Gasteiger partial charge in [-0.3, -0.25) is 0 Å². The van der Waals surface area contributed by atoms with Crippen molar-refractivity contribution in [2.24, 2.45) is 10.9 Å². The van der Waals surface area contributed by atoms with Gasteiger partial charge in [-0.15, -0.1) is 0 Å². The van der Waals surface area contributed by atoms with Crippen LogP contribution in [0.25, 0.3) is 0 Å². The number of carbonyl (C=O) groups excluding carboxylic acids is 1. The summed E-state index contributed by atoms with van der Waals surface area (Å²) in [7, 11) is 0. The standard InChI is InChI=1S/C14H21N3O3/c1-14(2,3)20-13(18)16-9-8-10-4-6-11(7-5-10)12(15)17-19/h4-7,19H,8-9H2,1-3H3,(H2,15,17)(H,16,18). The SMILES string of the molecule is CC(C)(C)OC(=O)NCCc1ccc(/C(N)=N/O)cc1. The van der Waals surface area contributed by atoms with Crippen LogP contribution < -0.4 is 11.1 Å². The zero-order valence-electron chi connectivity index (χ0n) is 12.0. The fourth-order valence-electron chi connectivity index (χ4n) is 1.52. The predicted octanol–water partition coefficient (Wildman–Crippen LogP) is 1.85. The van der Waals surface area contributed by atoms with Crippen molar-refractivity contribution < 1.29 is 14.7 Å². The van der Waals surface area contributed by atoms with E-state index in [0.29, 0.717) is 18.5 Å². The molecule has 0 aliphatic heterocycles. The monoisotopic (exact) mass is 279 g/mol. The topological polar surface area (TPSA) is 96.9 Å². The summed E-state index contributed by atoms with van der Waals surface area (Å²) in [6.07, 6.45) is 0.251. The molecule has 0 heterocycles. The van der Waals surface area contributed by atoms with Crippen molar-refractivity contribution in [3.05, 3.63) is 35.4 Å². The van der Waals surface area contributed by atoms with E-state index < -0.39 is 11.7 Å². The van der Waals surface area contributed by atoms with Gasteiger partial charge in [-0.05, 0) is 32.8 Å². The Hall–Kier alpha value is -2.24. The van der Waals surface area contributed by atoms with Gasteiger partial charge in [-0.2, -0.15) is 0 Å². The number of carbonyl (C=O) groups is 1. The molecule has 6 nitrogen and oxygen atoms in total. The number of alkyl carbamates (subject to hydrolysis) is 1. The smallest absolute Gasteiger partial charge is 0.407 e. The van der Waals surface area contributed by atoms with Gasteiger partial charge in [-0.1, -0.05) is 29.4 Å². The van der Waals surface area contributed by atoms with Crippen LogP contribution in [-0.2, 0) is 11.2 Å². The molecule has 1 aromatic rings. The van der Waals surface area contributed by atoms with Crippen molar-refractivity contribution in [3.63, 3.8) is 0 Å². The Morgan fingerprint density at radius 2 is 1.95 bits per heavy atom. The highest BCUT2D eigenvalue weighted by molar-refractivity contribution is 5.96. The molecule has 1 rings (SSSR count). The number of amides is 1. The maximum absolute atomic E-state index is 11.4. The van der Waals surface area contributed by atoms with Crippen LogP contribution in [0, 0.1) is 0 Å². The number of hydrogen-bond acceptors (Lipinski definition) is 4. The third-order valence-electron chi connectivity index (χ3n) is 2.44. The van der Waals surface area contributed by atoms with Crippen LogP contribution in [0.3, 0.4) is 0 Å². The summed E-state index contributed by atoms with van der Waals surface area (Å²) in [4.78, 5) is 11.4. The summed E-state index contributed by atoms with van der Waals surface area (Å²) in [5.74, 6) is 0.0726. The van der Waals surface area contributed by atoms with E-state index in [2.05, 4.69) is 10.5 Å². The first-order valence-corrected chi connectivity index (χ1v) is 6.35. The predicted molar refractivity (Wildman–Crippen MR) is 76.9 cm³/mol. The second-order valence-corrected chi connectivity index (χ2v) is 5.36. The molecule has 0 aliphatic carbocycles. The van der Waals surface area contributed by atoms with Gasteiger partial charge in [0.1, 0.15) is 5.60 Å². The van der Waals surface area contributed by atoms with E-state index in [1.54, 1.807) is 12.1 Å². The van der Waals surface area contributed by atoms with Crippen LogP contribution in [0.1, 0.15) is 31.9 Å². The first-order chi connectivity index (χ1) is 9.31. The van der Waals surface area contributed by atoms with Crippen LogP contribution in [0.5, 0.6) is 0 Å². The molecule has 0 aromatic heterocycles. The summed E-state index contributed by atoms with van der Waals surface area (Å²) in [5, 5.41) is 14.2. The van der Waals surface area contributed by atoms with Crippen LogP contribution >= 0.6 is 0 Å². The highest BCUT2D eigenvalue weighted by atomic mass is 16.6. The quantitative estimate of drug-likeness (QED) is 0.339. The lowest BCUT2D eigenvalue weighted by Gasteiger charge is -2.19. The lowest BCUT2D eigenvalue weighted by atomic mass is 10.1. The summed E-state index contributed by atoms with van der Waals surface area (Å²) in [5.41, 5.74) is 6.66. The normalized spacial score (nSPS) is 12.1. The molecule has 1 amide bonds. The largest absolute Gasteiger partial charge is 0.444 e. The van der Waals surface area contributed by atoms with Crippen LogP contribution in [0.15, 0.2) is 29.4 Å². The van der Waals surface area contributed by atoms with Crippen LogP contribution in [0.2, 0.25) is 0 Å². The minimum Gasteiger partial charge on any atom is -0.444 e. The minimum atomic E-state index is -0.493. The molecule has 0 atom stereocenters. The number of nitrogens with one attached hydrogen (secondary N) is 1. The molecule has 0 aliphatic rings. The molecule has 0 spiro atoms. The second-order valence-electron chi connectivity index (χ2n) is 5.36. The minimum absolute atomic E-state index is 0.0726. The van der Waals surface area contributed by atoms with Crippen molar-refractivity contribution in [1.29, 1.82) is 0 Å². The zero-order chi connectivity index (χ0) is 15.2. The average molecular weight is 279 g/mol. The maximum Gasteiger partial charge on any atom is 0.407 e. The summed E-state index contributed by atoms with van der Waals surface area (Å²) in [6.45, 7) is 5.94.